The largest absolute Gasteiger partial charge is 0.488 e. The number of anilines is 1. The van der Waals surface area contributed by atoms with Gasteiger partial charge in [-0.15, -0.1) is 0 Å². The number of carbonyl (C=O) groups is 2. The predicted molar refractivity (Wildman–Crippen MR) is 78.5 cm³/mol. The fourth-order valence-corrected chi connectivity index (χ4v) is 1.83. The maximum atomic E-state index is 11.2. The highest BCUT2D eigenvalue weighted by Gasteiger charge is 2.12. The molecular weight excluding hydrogens is 270 g/mol. The number of carboxylic acid groups (broad SMARTS) is 1. The zero-order chi connectivity index (χ0) is 15.2. The highest BCUT2D eigenvalue weighted by atomic mass is 16.5. The van der Waals surface area contributed by atoms with Gasteiger partial charge in [0.25, 0.3) is 0 Å². The van der Waals surface area contributed by atoms with E-state index < -0.39 is 5.97 Å². The van der Waals surface area contributed by atoms with Crippen molar-refractivity contribution in [3.8, 4) is 5.75 Å². The van der Waals surface area contributed by atoms with Crippen molar-refractivity contribution in [1.29, 1.82) is 0 Å². The predicted octanol–water partition coefficient (Wildman–Crippen LogP) is 2.92. The lowest BCUT2D eigenvalue weighted by Gasteiger charge is -2.11. The van der Waals surface area contributed by atoms with E-state index >= 15 is 0 Å². The van der Waals surface area contributed by atoms with Gasteiger partial charge < -0.3 is 15.2 Å². The van der Waals surface area contributed by atoms with E-state index in [0.29, 0.717) is 5.69 Å². The Labute approximate surface area is 122 Å². The molecule has 0 unspecified atom stereocenters. The fourth-order valence-electron chi connectivity index (χ4n) is 1.83. The second-order valence-electron chi connectivity index (χ2n) is 4.47. The van der Waals surface area contributed by atoms with Gasteiger partial charge in [-0.05, 0) is 17.7 Å². The smallest absolute Gasteiger partial charge is 0.339 e. The molecule has 2 rings (SSSR count). The van der Waals surface area contributed by atoms with Gasteiger partial charge in [-0.1, -0.05) is 30.3 Å². The second-order valence-corrected chi connectivity index (χ2v) is 4.47. The number of carbonyl (C=O) groups excluding carboxylic acids is 1. The van der Waals surface area contributed by atoms with Gasteiger partial charge in [-0.2, -0.15) is 0 Å². The lowest BCUT2D eigenvalue weighted by Crippen LogP contribution is -2.08. The molecule has 2 aromatic carbocycles. The molecule has 0 atom stereocenters. The number of benzene rings is 2. The van der Waals surface area contributed by atoms with Crippen LogP contribution in [0.4, 0.5) is 5.69 Å². The van der Waals surface area contributed by atoms with Gasteiger partial charge in [0.15, 0.2) is 0 Å². The molecule has 0 saturated heterocycles. The van der Waals surface area contributed by atoms with Crippen molar-refractivity contribution < 1.29 is 19.4 Å². The van der Waals surface area contributed by atoms with E-state index in [0.717, 1.165) is 5.56 Å². The zero-order valence-electron chi connectivity index (χ0n) is 11.5. The van der Waals surface area contributed by atoms with Crippen LogP contribution in [0.3, 0.4) is 0 Å². The number of hydrogen-bond donors (Lipinski definition) is 2. The van der Waals surface area contributed by atoms with Crippen LogP contribution >= 0.6 is 0 Å². The summed E-state index contributed by atoms with van der Waals surface area (Å²) in [6.45, 7) is 1.64. The number of ether oxygens (including phenoxy) is 1. The Balaban J connectivity index is 2.22. The quantitative estimate of drug-likeness (QED) is 0.885. The molecule has 0 radical (unpaired) electrons. The van der Waals surface area contributed by atoms with Crippen molar-refractivity contribution in [3.05, 3.63) is 59.7 Å². The first-order chi connectivity index (χ1) is 10.1. The van der Waals surface area contributed by atoms with Crippen molar-refractivity contribution in [2.24, 2.45) is 0 Å². The molecule has 2 aromatic rings. The minimum atomic E-state index is -1.08. The van der Waals surface area contributed by atoms with Crippen LogP contribution in [-0.4, -0.2) is 17.0 Å². The first kappa shape index (κ1) is 14.6. The van der Waals surface area contributed by atoms with Crippen LogP contribution < -0.4 is 10.1 Å². The van der Waals surface area contributed by atoms with Crippen LogP contribution in [0.2, 0.25) is 0 Å². The third kappa shape index (κ3) is 4.07. The molecule has 0 aliphatic rings. The molecule has 0 fully saturated rings. The van der Waals surface area contributed by atoms with Crippen LogP contribution in [-0.2, 0) is 11.4 Å². The first-order valence-corrected chi connectivity index (χ1v) is 6.38. The van der Waals surface area contributed by atoms with E-state index in [1.54, 1.807) is 0 Å². The van der Waals surface area contributed by atoms with Gasteiger partial charge in [0.05, 0.1) is 0 Å². The maximum absolute atomic E-state index is 11.2. The topological polar surface area (TPSA) is 75.6 Å². The number of carboxylic acids is 1. The van der Waals surface area contributed by atoms with Crippen LogP contribution in [0.25, 0.3) is 0 Å². The molecular formula is C16H15NO4. The summed E-state index contributed by atoms with van der Waals surface area (Å²) in [5.74, 6) is -1.09. The monoisotopic (exact) mass is 285 g/mol. The third-order valence-electron chi connectivity index (χ3n) is 2.77. The van der Waals surface area contributed by atoms with Crippen molar-refractivity contribution >= 4 is 17.6 Å². The van der Waals surface area contributed by atoms with Crippen LogP contribution in [0.5, 0.6) is 5.75 Å². The molecule has 2 N–H and O–H groups in total. The van der Waals surface area contributed by atoms with Crippen LogP contribution in [0, 0.1) is 0 Å². The molecule has 0 spiro atoms. The summed E-state index contributed by atoms with van der Waals surface area (Å²) in [7, 11) is 0. The molecule has 0 aromatic heterocycles. The van der Waals surface area contributed by atoms with Crippen molar-refractivity contribution in [2.75, 3.05) is 5.32 Å². The summed E-state index contributed by atoms with van der Waals surface area (Å²) in [4.78, 5) is 22.3. The average molecular weight is 285 g/mol. The SMILES string of the molecule is CC(=O)Nc1ccc(C(=O)O)c(OCc2ccccc2)c1. The van der Waals surface area contributed by atoms with Gasteiger partial charge in [0, 0.05) is 18.7 Å². The Morgan fingerprint density at radius 1 is 1.14 bits per heavy atom. The Morgan fingerprint density at radius 2 is 1.86 bits per heavy atom. The highest BCUT2D eigenvalue weighted by molar-refractivity contribution is 5.93. The Morgan fingerprint density at radius 3 is 2.48 bits per heavy atom. The van der Waals surface area contributed by atoms with Crippen LogP contribution in [0.15, 0.2) is 48.5 Å². The maximum Gasteiger partial charge on any atom is 0.339 e. The molecule has 0 aliphatic carbocycles. The summed E-state index contributed by atoms with van der Waals surface area (Å²) < 4.78 is 5.57. The highest BCUT2D eigenvalue weighted by Crippen LogP contribution is 2.24. The standard InChI is InChI=1S/C16H15NO4/c1-11(18)17-13-7-8-14(16(19)20)15(9-13)21-10-12-5-3-2-4-6-12/h2-9H,10H2,1H3,(H,17,18)(H,19,20). The summed E-state index contributed by atoms with van der Waals surface area (Å²) in [6, 6.07) is 13.9. The lowest BCUT2D eigenvalue weighted by molar-refractivity contribution is -0.114. The fraction of sp³-hybridized carbons (Fsp3) is 0.125. The number of nitrogens with one attached hydrogen (secondary N) is 1. The van der Waals surface area contributed by atoms with Crippen molar-refractivity contribution in [3.63, 3.8) is 0 Å². The lowest BCUT2D eigenvalue weighted by atomic mass is 10.1. The van der Waals surface area contributed by atoms with E-state index in [-0.39, 0.29) is 23.8 Å². The molecule has 5 nitrogen and oxygen atoms in total. The molecule has 0 aliphatic heterocycles. The molecule has 0 bridgehead atoms. The van der Waals surface area contributed by atoms with E-state index in [2.05, 4.69) is 5.32 Å². The molecule has 21 heavy (non-hydrogen) atoms. The van der Waals surface area contributed by atoms with Gasteiger partial charge in [0.1, 0.15) is 17.9 Å². The zero-order valence-corrected chi connectivity index (χ0v) is 11.5. The van der Waals surface area contributed by atoms with Crippen molar-refractivity contribution in [2.45, 2.75) is 13.5 Å². The Bertz CT molecular complexity index is 653. The molecule has 0 saturated carbocycles. The van der Waals surface area contributed by atoms with E-state index in [4.69, 9.17) is 9.84 Å². The summed E-state index contributed by atoms with van der Waals surface area (Å²) in [5, 5.41) is 11.8. The van der Waals surface area contributed by atoms with E-state index in [1.165, 1.54) is 25.1 Å². The van der Waals surface area contributed by atoms with Gasteiger partial charge >= 0.3 is 5.97 Å². The normalized spacial score (nSPS) is 9.95. The summed E-state index contributed by atoms with van der Waals surface area (Å²) in [6.07, 6.45) is 0. The minimum Gasteiger partial charge on any atom is -0.488 e. The summed E-state index contributed by atoms with van der Waals surface area (Å²) >= 11 is 0. The first-order valence-electron chi connectivity index (χ1n) is 6.38. The van der Waals surface area contributed by atoms with Gasteiger partial charge in [0.2, 0.25) is 5.91 Å². The Kier molecular flexibility index (Phi) is 4.56. The van der Waals surface area contributed by atoms with Crippen molar-refractivity contribution in [1.82, 2.24) is 0 Å². The minimum absolute atomic E-state index is 0.0556. The number of rotatable bonds is 5. The number of aromatic carboxylic acids is 1. The van der Waals surface area contributed by atoms with E-state index in [1.807, 2.05) is 30.3 Å². The van der Waals surface area contributed by atoms with Gasteiger partial charge in [-0.25, -0.2) is 4.79 Å². The second kappa shape index (κ2) is 6.56. The molecule has 1 amide bonds. The van der Waals surface area contributed by atoms with Crippen LogP contribution in [0.1, 0.15) is 22.8 Å². The Hall–Kier alpha value is -2.82. The molecule has 108 valence electrons. The molecule has 0 heterocycles. The molecule has 5 heteroatoms. The van der Waals surface area contributed by atoms with Gasteiger partial charge in [-0.3, -0.25) is 4.79 Å². The number of hydrogen-bond acceptors (Lipinski definition) is 3. The van der Waals surface area contributed by atoms with E-state index in [9.17, 15) is 9.59 Å². The number of amides is 1. The third-order valence-corrected chi connectivity index (χ3v) is 2.77. The summed E-state index contributed by atoms with van der Waals surface area (Å²) in [5.41, 5.74) is 1.48. The average Bonchev–Trinajstić information content (AvgIpc) is 2.45.